The molecule has 0 saturated carbocycles. The molecule has 5 nitrogen and oxygen atoms in total. The molecular weight excluding hydrogens is 354 g/mol. The highest BCUT2D eigenvalue weighted by Gasteiger charge is 2.14. The molecule has 0 unspecified atom stereocenters. The first-order valence-electron chi connectivity index (χ1n) is 7.74. The Labute approximate surface area is 149 Å². The summed E-state index contributed by atoms with van der Waals surface area (Å²) in [5.74, 6) is 0.0532. The number of sulfone groups is 1. The van der Waals surface area contributed by atoms with Gasteiger partial charge in [-0.1, -0.05) is 13.0 Å². The van der Waals surface area contributed by atoms with Gasteiger partial charge in [0.2, 0.25) is 0 Å². The summed E-state index contributed by atoms with van der Waals surface area (Å²) < 4.78 is 25.3. The molecule has 4 aromatic rings. The molecule has 2 heterocycles. The van der Waals surface area contributed by atoms with Crippen molar-refractivity contribution >= 4 is 48.0 Å². The average Bonchev–Trinajstić information content (AvgIpc) is 3.09. The molecule has 4 rings (SSSR count). The highest BCUT2D eigenvalue weighted by molar-refractivity contribution is 7.91. The van der Waals surface area contributed by atoms with Crippen molar-refractivity contribution in [3.8, 4) is 11.3 Å². The molecular formula is C18H15N3O2S2. The number of nitrogens with zero attached hydrogens (tertiary/aromatic N) is 2. The number of fused-ring (bicyclic) bond motifs is 2. The van der Waals surface area contributed by atoms with E-state index in [1.54, 1.807) is 42.5 Å². The molecule has 0 aliphatic rings. The Morgan fingerprint density at radius 3 is 2.72 bits per heavy atom. The predicted molar refractivity (Wildman–Crippen MR) is 102 cm³/mol. The van der Waals surface area contributed by atoms with Crippen molar-refractivity contribution in [1.82, 2.24) is 9.97 Å². The first-order chi connectivity index (χ1) is 12.0. The zero-order valence-corrected chi connectivity index (χ0v) is 15.1. The number of thiazole rings is 1. The molecule has 0 aliphatic heterocycles. The molecule has 126 valence electrons. The number of anilines is 1. The van der Waals surface area contributed by atoms with Crippen LogP contribution in [0.25, 0.3) is 32.4 Å². The van der Waals surface area contributed by atoms with Gasteiger partial charge in [-0.15, -0.1) is 11.3 Å². The van der Waals surface area contributed by atoms with Crippen molar-refractivity contribution < 1.29 is 8.42 Å². The van der Waals surface area contributed by atoms with Gasteiger partial charge in [-0.25, -0.2) is 18.4 Å². The lowest BCUT2D eigenvalue weighted by atomic mass is 10.1. The van der Waals surface area contributed by atoms with E-state index in [4.69, 9.17) is 5.73 Å². The fourth-order valence-electron chi connectivity index (χ4n) is 2.76. The van der Waals surface area contributed by atoms with Gasteiger partial charge in [0, 0.05) is 16.6 Å². The van der Waals surface area contributed by atoms with Crippen molar-refractivity contribution in [1.29, 1.82) is 0 Å². The van der Waals surface area contributed by atoms with Gasteiger partial charge in [0.15, 0.2) is 9.84 Å². The van der Waals surface area contributed by atoms with Crippen LogP contribution in [0.1, 0.15) is 6.92 Å². The monoisotopic (exact) mass is 369 g/mol. The molecule has 0 fully saturated rings. The molecule has 25 heavy (non-hydrogen) atoms. The third-order valence-corrected chi connectivity index (χ3v) is 6.72. The molecule has 2 N–H and O–H groups in total. The van der Waals surface area contributed by atoms with Crippen LogP contribution in [-0.4, -0.2) is 24.1 Å². The van der Waals surface area contributed by atoms with E-state index < -0.39 is 9.84 Å². The molecule has 0 aliphatic carbocycles. The third-order valence-electron chi connectivity index (χ3n) is 4.18. The summed E-state index contributed by atoms with van der Waals surface area (Å²) in [6, 6.07) is 12.7. The average molecular weight is 369 g/mol. The maximum atomic E-state index is 12.1. The molecule has 2 aromatic carbocycles. The highest BCUT2D eigenvalue weighted by atomic mass is 32.2. The lowest BCUT2D eigenvalue weighted by molar-refractivity contribution is 0.597. The fourth-order valence-corrected chi connectivity index (χ4v) is 4.32. The van der Waals surface area contributed by atoms with E-state index in [1.807, 2.05) is 23.7 Å². The fraction of sp³-hybridized carbons (Fsp3) is 0.111. The van der Waals surface area contributed by atoms with Crippen LogP contribution in [0.5, 0.6) is 0 Å². The highest BCUT2D eigenvalue weighted by Crippen LogP contribution is 2.30. The summed E-state index contributed by atoms with van der Waals surface area (Å²) in [5.41, 5.74) is 11.8. The predicted octanol–water partition coefficient (Wildman–Crippen LogP) is 3.89. The van der Waals surface area contributed by atoms with Gasteiger partial charge in [-0.05, 0) is 36.4 Å². The summed E-state index contributed by atoms with van der Waals surface area (Å²) in [6.45, 7) is 1.62. The summed E-state index contributed by atoms with van der Waals surface area (Å²) in [6.07, 6.45) is 0. The number of benzene rings is 2. The van der Waals surface area contributed by atoms with Crippen LogP contribution >= 0.6 is 11.3 Å². The SMILES string of the molecule is CCS(=O)(=O)c1ccc2nc(-c3ccc4scnc4c3)cc(N)c2c1. The second-order valence-electron chi connectivity index (χ2n) is 5.71. The minimum atomic E-state index is -3.28. The standard InChI is InChI=1S/C18H15N3O2S2/c1-2-25(22,23)12-4-5-15-13(8-12)14(19)9-16(21-15)11-3-6-18-17(7-11)20-10-24-18/h3-10H,2H2,1H3,(H2,19,21). The third kappa shape index (κ3) is 2.75. The quantitative estimate of drug-likeness (QED) is 0.592. The zero-order valence-electron chi connectivity index (χ0n) is 13.4. The van der Waals surface area contributed by atoms with E-state index in [-0.39, 0.29) is 10.6 Å². The number of pyridine rings is 1. The lowest BCUT2D eigenvalue weighted by Gasteiger charge is -2.09. The second kappa shape index (κ2) is 5.79. The van der Waals surface area contributed by atoms with E-state index in [2.05, 4.69) is 9.97 Å². The van der Waals surface area contributed by atoms with Gasteiger partial charge in [-0.2, -0.15) is 0 Å². The smallest absolute Gasteiger partial charge is 0.178 e. The number of rotatable bonds is 3. The second-order valence-corrected chi connectivity index (χ2v) is 8.88. The lowest BCUT2D eigenvalue weighted by Crippen LogP contribution is -2.04. The summed E-state index contributed by atoms with van der Waals surface area (Å²) in [7, 11) is -3.28. The molecule has 0 saturated heterocycles. The van der Waals surface area contributed by atoms with Crippen molar-refractivity contribution in [2.24, 2.45) is 0 Å². The van der Waals surface area contributed by atoms with Crippen LogP contribution in [0.2, 0.25) is 0 Å². The van der Waals surface area contributed by atoms with Gasteiger partial charge in [-0.3, -0.25) is 0 Å². The van der Waals surface area contributed by atoms with Crippen LogP contribution in [0.4, 0.5) is 5.69 Å². The van der Waals surface area contributed by atoms with Gasteiger partial charge in [0.1, 0.15) is 0 Å². The molecule has 0 radical (unpaired) electrons. The van der Waals surface area contributed by atoms with E-state index in [0.29, 0.717) is 16.6 Å². The van der Waals surface area contributed by atoms with Crippen LogP contribution in [0, 0.1) is 0 Å². The van der Waals surface area contributed by atoms with Gasteiger partial charge >= 0.3 is 0 Å². The van der Waals surface area contributed by atoms with Gasteiger partial charge in [0.05, 0.1) is 37.6 Å². The maximum Gasteiger partial charge on any atom is 0.178 e. The van der Waals surface area contributed by atoms with Gasteiger partial charge in [0.25, 0.3) is 0 Å². The summed E-state index contributed by atoms with van der Waals surface area (Å²) >= 11 is 1.59. The van der Waals surface area contributed by atoms with Crippen molar-refractivity contribution in [2.45, 2.75) is 11.8 Å². The topological polar surface area (TPSA) is 85.9 Å². The van der Waals surface area contributed by atoms with Crippen LogP contribution in [-0.2, 0) is 9.84 Å². The Morgan fingerprint density at radius 1 is 1.08 bits per heavy atom. The first kappa shape index (κ1) is 16.0. The Hall–Kier alpha value is -2.51. The Balaban J connectivity index is 1.88. The molecule has 2 aromatic heterocycles. The van der Waals surface area contributed by atoms with Crippen LogP contribution in [0.3, 0.4) is 0 Å². The number of hydrogen-bond acceptors (Lipinski definition) is 6. The van der Waals surface area contributed by atoms with E-state index in [1.165, 1.54) is 0 Å². The molecule has 0 amide bonds. The number of nitrogen functional groups attached to an aromatic ring is 1. The van der Waals surface area contributed by atoms with E-state index >= 15 is 0 Å². The summed E-state index contributed by atoms with van der Waals surface area (Å²) in [5, 5.41) is 0.646. The largest absolute Gasteiger partial charge is 0.398 e. The minimum Gasteiger partial charge on any atom is -0.398 e. The molecule has 7 heteroatoms. The Morgan fingerprint density at radius 2 is 1.92 bits per heavy atom. The van der Waals surface area contributed by atoms with Crippen molar-refractivity contribution in [3.63, 3.8) is 0 Å². The Kier molecular flexibility index (Phi) is 3.70. The molecule has 0 atom stereocenters. The van der Waals surface area contributed by atoms with E-state index in [9.17, 15) is 8.42 Å². The van der Waals surface area contributed by atoms with Crippen molar-refractivity contribution in [3.05, 3.63) is 48.0 Å². The maximum absolute atomic E-state index is 12.1. The normalized spacial score (nSPS) is 12.0. The number of hydrogen-bond donors (Lipinski definition) is 1. The first-order valence-corrected chi connectivity index (χ1v) is 10.3. The Bertz CT molecular complexity index is 1210. The number of aromatic nitrogens is 2. The van der Waals surface area contributed by atoms with E-state index in [0.717, 1.165) is 21.5 Å². The molecule has 0 spiro atoms. The van der Waals surface area contributed by atoms with Gasteiger partial charge < -0.3 is 5.73 Å². The van der Waals surface area contributed by atoms with Crippen LogP contribution in [0.15, 0.2) is 52.9 Å². The van der Waals surface area contributed by atoms with Crippen molar-refractivity contribution in [2.75, 3.05) is 11.5 Å². The minimum absolute atomic E-state index is 0.0532. The summed E-state index contributed by atoms with van der Waals surface area (Å²) in [4.78, 5) is 9.25. The zero-order chi connectivity index (χ0) is 17.6. The number of nitrogens with two attached hydrogens (primary N) is 1. The molecule has 0 bridgehead atoms. The van der Waals surface area contributed by atoms with Crippen LogP contribution < -0.4 is 5.73 Å².